The molecule has 0 unspecified atom stereocenters. The minimum absolute atomic E-state index is 0.0817. The van der Waals surface area contributed by atoms with Crippen LogP contribution in [0, 0.1) is 5.82 Å². The third kappa shape index (κ3) is 2.51. The number of carbonyl (C=O) groups excluding carboxylic acids is 1. The zero-order chi connectivity index (χ0) is 15.7. The predicted molar refractivity (Wildman–Crippen MR) is 79.0 cm³/mol. The highest BCUT2D eigenvalue weighted by Gasteiger charge is 2.34. The van der Waals surface area contributed by atoms with E-state index in [0.717, 1.165) is 5.69 Å². The van der Waals surface area contributed by atoms with E-state index in [1.165, 1.54) is 6.33 Å². The van der Waals surface area contributed by atoms with Crippen molar-refractivity contribution in [1.29, 1.82) is 0 Å². The van der Waals surface area contributed by atoms with Crippen molar-refractivity contribution in [3.8, 4) is 0 Å². The Bertz CT molecular complexity index is 700. The van der Waals surface area contributed by atoms with Crippen molar-refractivity contribution in [2.45, 2.75) is 25.8 Å². The lowest BCUT2D eigenvalue weighted by atomic mass is 10.2. The van der Waals surface area contributed by atoms with E-state index in [1.54, 1.807) is 29.0 Å². The van der Waals surface area contributed by atoms with Crippen LogP contribution in [0.15, 0.2) is 18.7 Å². The summed E-state index contributed by atoms with van der Waals surface area (Å²) in [7, 11) is 1.79. The van der Waals surface area contributed by atoms with Gasteiger partial charge in [-0.25, -0.2) is 14.4 Å². The second kappa shape index (κ2) is 5.70. The summed E-state index contributed by atoms with van der Waals surface area (Å²) >= 11 is 0. The van der Waals surface area contributed by atoms with Crippen molar-refractivity contribution in [2.75, 3.05) is 16.8 Å². The molecule has 2 aromatic heterocycles. The third-order valence-corrected chi connectivity index (χ3v) is 3.72. The van der Waals surface area contributed by atoms with Crippen LogP contribution in [-0.4, -0.2) is 38.2 Å². The highest BCUT2D eigenvalue weighted by Crippen LogP contribution is 2.23. The van der Waals surface area contributed by atoms with Crippen LogP contribution in [0.25, 0.3) is 0 Å². The molecule has 0 spiro atoms. The average Bonchev–Trinajstić information content (AvgIpc) is 3.08. The average molecular weight is 304 g/mol. The number of nitrogens with zero attached hydrogens (tertiary/aromatic N) is 5. The number of halogens is 1. The number of amides is 1. The maximum atomic E-state index is 14.2. The number of aromatic nitrogens is 4. The summed E-state index contributed by atoms with van der Waals surface area (Å²) in [5.41, 5.74) is 1.08. The molecule has 0 aromatic carbocycles. The lowest BCUT2D eigenvalue weighted by Gasteiger charge is -2.16. The summed E-state index contributed by atoms with van der Waals surface area (Å²) < 4.78 is 15.8. The molecule has 1 atom stereocenters. The van der Waals surface area contributed by atoms with Gasteiger partial charge in [0.2, 0.25) is 5.91 Å². The molecule has 22 heavy (non-hydrogen) atoms. The Hall–Kier alpha value is -2.51. The fourth-order valence-electron chi connectivity index (χ4n) is 2.54. The Labute approximate surface area is 127 Å². The Morgan fingerprint density at radius 2 is 2.27 bits per heavy atom. The summed E-state index contributed by atoms with van der Waals surface area (Å²) in [6.07, 6.45) is 5.78. The van der Waals surface area contributed by atoms with Gasteiger partial charge in [0.1, 0.15) is 12.4 Å². The van der Waals surface area contributed by atoms with Crippen molar-refractivity contribution < 1.29 is 9.18 Å². The second-order valence-corrected chi connectivity index (χ2v) is 5.18. The normalized spacial score (nSPS) is 18.0. The van der Waals surface area contributed by atoms with Gasteiger partial charge in [0.15, 0.2) is 11.6 Å². The van der Waals surface area contributed by atoms with Crippen LogP contribution >= 0.6 is 0 Å². The number of hydrogen-bond donors (Lipinski definition) is 1. The van der Waals surface area contributed by atoms with Crippen LogP contribution in [0.1, 0.15) is 19.0 Å². The molecule has 2 aromatic rings. The van der Waals surface area contributed by atoms with E-state index in [9.17, 15) is 9.18 Å². The molecule has 0 saturated carbocycles. The first-order valence-corrected chi connectivity index (χ1v) is 7.16. The van der Waals surface area contributed by atoms with Gasteiger partial charge in [-0.2, -0.15) is 5.10 Å². The molecule has 1 N–H and O–H groups in total. The molecule has 1 aliphatic rings. The number of carbonyl (C=O) groups is 1. The van der Waals surface area contributed by atoms with Gasteiger partial charge in [0, 0.05) is 19.8 Å². The largest absolute Gasteiger partial charge is 0.356 e. The Kier molecular flexibility index (Phi) is 3.74. The Balaban J connectivity index is 1.76. The van der Waals surface area contributed by atoms with Crippen LogP contribution in [0.2, 0.25) is 0 Å². The number of hydrogen-bond acceptors (Lipinski definition) is 5. The molecule has 0 radical (unpaired) electrons. The molecule has 0 aliphatic carbocycles. The fraction of sp³-hybridized carbons (Fsp3) is 0.429. The van der Waals surface area contributed by atoms with Gasteiger partial charge < -0.3 is 10.2 Å². The number of aryl methyl sites for hydroxylation is 2. The number of nitrogens with one attached hydrogen (secondary N) is 1. The second-order valence-electron chi connectivity index (χ2n) is 5.18. The van der Waals surface area contributed by atoms with Gasteiger partial charge in [0.05, 0.1) is 17.6 Å². The van der Waals surface area contributed by atoms with Crippen molar-refractivity contribution in [2.24, 2.45) is 7.05 Å². The van der Waals surface area contributed by atoms with E-state index < -0.39 is 11.9 Å². The van der Waals surface area contributed by atoms with Crippen LogP contribution in [0.4, 0.5) is 15.9 Å². The standard InChI is InChI=1S/C14H17FN6O/c1-3-10-12(15)13(17-8-16-10)19-11-4-5-21(14(11)22)9-6-18-20(2)7-9/h6-8,11H,3-5H2,1-2H3,(H,16,17,19)/t11-/m0/s1. The number of anilines is 2. The Morgan fingerprint density at radius 1 is 1.45 bits per heavy atom. The SMILES string of the molecule is CCc1ncnc(N[C@H]2CCN(c3cnn(C)c3)C2=O)c1F. The van der Waals surface area contributed by atoms with E-state index in [1.807, 2.05) is 6.92 Å². The van der Waals surface area contributed by atoms with E-state index >= 15 is 0 Å². The fourth-order valence-corrected chi connectivity index (χ4v) is 2.54. The van der Waals surface area contributed by atoms with Gasteiger partial charge >= 0.3 is 0 Å². The monoisotopic (exact) mass is 304 g/mol. The van der Waals surface area contributed by atoms with Crippen molar-refractivity contribution in [3.05, 3.63) is 30.2 Å². The maximum Gasteiger partial charge on any atom is 0.249 e. The lowest BCUT2D eigenvalue weighted by Crippen LogP contribution is -2.33. The third-order valence-electron chi connectivity index (χ3n) is 3.72. The predicted octanol–water partition coefficient (Wildman–Crippen LogP) is 1.13. The summed E-state index contributed by atoms with van der Waals surface area (Å²) in [5, 5.41) is 6.96. The molecule has 116 valence electrons. The summed E-state index contributed by atoms with van der Waals surface area (Å²) in [6, 6.07) is -0.491. The van der Waals surface area contributed by atoms with Gasteiger partial charge in [-0.05, 0) is 12.8 Å². The maximum absolute atomic E-state index is 14.2. The number of rotatable bonds is 4. The summed E-state index contributed by atoms with van der Waals surface area (Å²) in [4.78, 5) is 21.9. The zero-order valence-corrected chi connectivity index (χ0v) is 12.5. The first-order valence-electron chi connectivity index (χ1n) is 7.16. The molecule has 7 nitrogen and oxygen atoms in total. The lowest BCUT2D eigenvalue weighted by molar-refractivity contribution is -0.117. The van der Waals surface area contributed by atoms with Gasteiger partial charge in [-0.15, -0.1) is 0 Å². The smallest absolute Gasteiger partial charge is 0.249 e. The minimum atomic E-state index is -0.491. The topological polar surface area (TPSA) is 75.9 Å². The summed E-state index contributed by atoms with van der Waals surface area (Å²) in [5.74, 6) is -0.514. The van der Waals surface area contributed by atoms with Crippen molar-refractivity contribution >= 4 is 17.4 Å². The highest BCUT2D eigenvalue weighted by atomic mass is 19.1. The first kappa shape index (κ1) is 14.4. The molecule has 8 heteroatoms. The molecule has 0 bridgehead atoms. The molecule has 3 rings (SSSR count). The van der Waals surface area contributed by atoms with Gasteiger partial charge in [0.25, 0.3) is 0 Å². The minimum Gasteiger partial charge on any atom is -0.356 e. The molecule has 3 heterocycles. The van der Waals surface area contributed by atoms with Crippen LogP contribution in [-0.2, 0) is 18.3 Å². The summed E-state index contributed by atoms with van der Waals surface area (Å²) in [6.45, 7) is 2.38. The molecule has 1 saturated heterocycles. The molecule has 1 fully saturated rings. The molecular formula is C14H17FN6O. The van der Waals surface area contributed by atoms with E-state index in [2.05, 4.69) is 20.4 Å². The van der Waals surface area contributed by atoms with Gasteiger partial charge in [-0.3, -0.25) is 9.48 Å². The van der Waals surface area contributed by atoms with E-state index in [4.69, 9.17) is 0 Å². The molecule has 1 aliphatic heterocycles. The van der Waals surface area contributed by atoms with Crippen molar-refractivity contribution in [1.82, 2.24) is 19.7 Å². The van der Waals surface area contributed by atoms with E-state index in [0.29, 0.717) is 25.1 Å². The van der Waals surface area contributed by atoms with Crippen LogP contribution in [0.3, 0.4) is 0 Å². The molecule has 1 amide bonds. The van der Waals surface area contributed by atoms with E-state index in [-0.39, 0.29) is 11.7 Å². The Morgan fingerprint density at radius 3 is 2.95 bits per heavy atom. The first-order chi connectivity index (χ1) is 10.6. The quantitative estimate of drug-likeness (QED) is 0.916. The van der Waals surface area contributed by atoms with Crippen LogP contribution < -0.4 is 10.2 Å². The highest BCUT2D eigenvalue weighted by molar-refractivity contribution is 6.00. The van der Waals surface area contributed by atoms with Crippen LogP contribution in [0.5, 0.6) is 0 Å². The van der Waals surface area contributed by atoms with Crippen molar-refractivity contribution in [3.63, 3.8) is 0 Å². The zero-order valence-electron chi connectivity index (χ0n) is 12.5. The molecular weight excluding hydrogens is 287 g/mol. The van der Waals surface area contributed by atoms with Gasteiger partial charge in [-0.1, -0.05) is 6.92 Å².